The van der Waals surface area contributed by atoms with Gasteiger partial charge in [0.25, 0.3) is 5.56 Å². The predicted octanol–water partition coefficient (Wildman–Crippen LogP) is 2.31. The largest absolute Gasteiger partial charge is 0.494 e. The van der Waals surface area contributed by atoms with Crippen molar-refractivity contribution in [1.29, 1.82) is 0 Å². The number of carbonyl (C=O) groups is 1. The first-order valence-electron chi connectivity index (χ1n) is 8.09. The van der Waals surface area contributed by atoms with E-state index in [9.17, 15) is 9.59 Å². The maximum atomic E-state index is 12.7. The van der Waals surface area contributed by atoms with E-state index in [-0.39, 0.29) is 18.1 Å². The molecule has 0 bridgehead atoms. The SMILES string of the molecule is COc1cn(C(CC2COCCO2)C(=O)OC(C)(C)C)c(=O)cc1Br. The molecule has 8 heteroatoms. The van der Waals surface area contributed by atoms with E-state index >= 15 is 0 Å². The van der Waals surface area contributed by atoms with E-state index in [0.29, 0.717) is 30.0 Å². The van der Waals surface area contributed by atoms with Crippen LogP contribution in [0.25, 0.3) is 0 Å². The van der Waals surface area contributed by atoms with Crippen molar-refractivity contribution >= 4 is 21.9 Å². The molecule has 0 spiro atoms. The number of hydrogen-bond acceptors (Lipinski definition) is 6. The molecule has 0 amide bonds. The van der Waals surface area contributed by atoms with Gasteiger partial charge in [-0.25, -0.2) is 4.79 Å². The Kier molecular flexibility index (Phi) is 6.65. The van der Waals surface area contributed by atoms with E-state index in [0.717, 1.165) is 0 Å². The van der Waals surface area contributed by atoms with Crippen LogP contribution < -0.4 is 10.3 Å². The molecule has 2 heterocycles. The summed E-state index contributed by atoms with van der Waals surface area (Å²) in [5, 5.41) is 0. The first kappa shape index (κ1) is 19.9. The minimum absolute atomic E-state index is 0.277. The molecule has 2 rings (SSSR count). The van der Waals surface area contributed by atoms with Crippen molar-refractivity contribution < 1.29 is 23.7 Å². The highest BCUT2D eigenvalue weighted by atomic mass is 79.9. The first-order valence-corrected chi connectivity index (χ1v) is 8.88. The summed E-state index contributed by atoms with van der Waals surface area (Å²) >= 11 is 3.28. The number of ether oxygens (including phenoxy) is 4. The molecule has 0 radical (unpaired) electrons. The zero-order chi connectivity index (χ0) is 18.6. The number of carbonyl (C=O) groups excluding carboxylic acids is 1. The van der Waals surface area contributed by atoms with Gasteiger partial charge in [0.15, 0.2) is 0 Å². The lowest BCUT2D eigenvalue weighted by Gasteiger charge is -2.29. The lowest BCUT2D eigenvalue weighted by atomic mass is 10.1. The molecular weight excluding hydrogens is 394 g/mol. The van der Waals surface area contributed by atoms with Gasteiger partial charge in [-0.15, -0.1) is 0 Å². The van der Waals surface area contributed by atoms with Crippen molar-refractivity contribution in [2.75, 3.05) is 26.9 Å². The number of aromatic nitrogens is 1. The molecule has 2 atom stereocenters. The molecule has 1 aromatic rings. The van der Waals surface area contributed by atoms with Crippen LogP contribution in [0.5, 0.6) is 5.75 Å². The zero-order valence-corrected chi connectivity index (χ0v) is 16.5. The second kappa shape index (κ2) is 8.33. The molecule has 0 saturated carbocycles. The molecule has 25 heavy (non-hydrogen) atoms. The topological polar surface area (TPSA) is 76.0 Å². The summed E-state index contributed by atoms with van der Waals surface area (Å²) in [6.45, 7) is 6.72. The van der Waals surface area contributed by atoms with Crippen molar-refractivity contribution in [3.63, 3.8) is 0 Å². The van der Waals surface area contributed by atoms with E-state index < -0.39 is 17.6 Å². The van der Waals surface area contributed by atoms with Gasteiger partial charge in [-0.2, -0.15) is 0 Å². The van der Waals surface area contributed by atoms with Crippen LogP contribution >= 0.6 is 15.9 Å². The molecule has 1 fully saturated rings. The van der Waals surface area contributed by atoms with Crippen molar-refractivity contribution in [3.05, 3.63) is 27.1 Å². The molecule has 0 aliphatic carbocycles. The smallest absolute Gasteiger partial charge is 0.329 e. The Hall–Kier alpha value is -1.38. The van der Waals surface area contributed by atoms with Gasteiger partial charge < -0.3 is 18.9 Å². The number of esters is 1. The third kappa shape index (κ3) is 5.55. The Morgan fingerprint density at radius 3 is 2.72 bits per heavy atom. The van der Waals surface area contributed by atoms with E-state index in [1.807, 2.05) is 0 Å². The van der Waals surface area contributed by atoms with Gasteiger partial charge in [-0.3, -0.25) is 9.36 Å². The second-order valence-electron chi connectivity index (χ2n) is 6.79. The fraction of sp³-hybridized carbons (Fsp3) is 0.647. The van der Waals surface area contributed by atoms with Gasteiger partial charge >= 0.3 is 5.97 Å². The number of hydrogen-bond donors (Lipinski definition) is 0. The molecule has 1 aromatic heterocycles. The summed E-state index contributed by atoms with van der Waals surface area (Å²) in [7, 11) is 1.50. The summed E-state index contributed by atoms with van der Waals surface area (Å²) in [5.41, 5.74) is -0.997. The fourth-order valence-electron chi connectivity index (χ4n) is 2.51. The minimum atomic E-state index is -0.833. The number of pyridine rings is 1. The average Bonchev–Trinajstić information content (AvgIpc) is 2.52. The Balaban J connectivity index is 2.36. The van der Waals surface area contributed by atoms with Crippen molar-refractivity contribution in [3.8, 4) is 5.75 Å². The summed E-state index contributed by atoms with van der Waals surface area (Å²) in [5.74, 6) is -0.0397. The average molecular weight is 418 g/mol. The third-order valence-electron chi connectivity index (χ3n) is 3.60. The summed E-state index contributed by atoms with van der Waals surface area (Å²) in [6, 6.07) is 0.537. The predicted molar refractivity (Wildman–Crippen MR) is 95.0 cm³/mol. The maximum absolute atomic E-state index is 12.7. The normalized spacial score (nSPS) is 19.3. The van der Waals surface area contributed by atoms with Crippen LogP contribution in [0.2, 0.25) is 0 Å². The highest BCUT2D eigenvalue weighted by molar-refractivity contribution is 9.10. The molecule has 0 aromatic carbocycles. The lowest BCUT2D eigenvalue weighted by molar-refractivity contribution is -0.162. The summed E-state index contributed by atoms with van der Waals surface area (Å²) in [6.07, 6.45) is 1.50. The van der Waals surface area contributed by atoms with Gasteiger partial charge in [-0.05, 0) is 36.7 Å². The Morgan fingerprint density at radius 2 is 2.16 bits per heavy atom. The number of rotatable bonds is 5. The van der Waals surface area contributed by atoms with E-state index in [4.69, 9.17) is 18.9 Å². The molecular formula is C17H24BrNO6. The quantitative estimate of drug-likeness (QED) is 0.684. The van der Waals surface area contributed by atoms with Crippen LogP contribution in [0.1, 0.15) is 33.2 Å². The molecule has 0 N–H and O–H groups in total. The standard InChI is InChI=1S/C17H24BrNO6/c1-17(2,3)25-16(21)13(7-11-10-23-5-6-24-11)19-9-14(22-4)12(18)8-15(19)20/h8-9,11,13H,5-7,10H2,1-4H3. The monoisotopic (exact) mass is 417 g/mol. The third-order valence-corrected chi connectivity index (χ3v) is 4.22. The van der Waals surface area contributed by atoms with Crippen LogP contribution in [-0.4, -0.2) is 49.2 Å². The number of nitrogens with zero attached hydrogens (tertiary/aromatic N) is 1. The molecule has 7 nitrogen and oxygen atoms in total. The summed E-state index contributed by atoms with van der Waals surface area (Å²) in [4.78, 5) is 25.2. The van der Waals surface area contributed by atoms with Crippen molar-refractivity contribution in [1.82, 2.24) is 4.57 Å². The lowest BCUT2D eigenvalue weighted by Crippen LogP contribution is -2.39. The molecule has 2 unspecified atom stereocenters. The molecule has 1 saturated heterocycles. The Bertz CT molecular complexity index is 660. The highest BCUT2D eigenvalue weighted by Crippen LogP contribution is 2.26. The van der Waals surface area contributed by atoms with E-state index in [1.165, 1.54) is 23.9 Å². The minimum Gasteiger partial charge on any atom is -0.494 e. The first-order chi connectivity index (χ1) is 11.7. The second-order valence-corrected chi connectivity index (χ2v) is 7.64. The van der Waals surface area contributed by atoms with E-state index in [2.05, 4.69) is 15.9 Å². The Morgan fingerprint density at radius 1 is 1.44 bits per heavy atom. The van der Waals surface area contributed by atoms with Crippen molar-refractivity contribution in [2.24, 2.45) is 0 Å². The van der Waals surface area contributed by atoms with Gasteiger partial charge in [-0.1, -0.05) is 0 Å². The molecule has 140 valence electrons. The van der Waals surface area contributed by atoms with Crippen LogP contribution in [-0.2, 0) is 19.0 Å². The van der Waals surface area contributed by atoms with Crippen LogP contribution in [0.4, 0.5) is 0 Å². The van der Waals surface area contributed by atoms with Crippen molar-refractivity contribution in [2.45, 2.75) is 44.9 Å². The van der Waals surface area contributed by atoms with E-state index in [1.54, 1.807) is 20.8 Å². The van der Waals surface area contributed by atoms with Gasteiger partial charge in [0, 0.05) is 12.5 Å². The number of halogens is 1. The fourth-order valence-corrected chi connectivity index (χ4v) is 2.97. The summed E-state index contributed by atoms with van der Waals surface area (Å²) < 4.78 is 23.6. The molecule has 1 aliphatic heterocycles. The maximum Gasteiger partial charge on any atom is 0.329 e. The number of methoxy groups -OCH3 is 1. The highest BCUT2D eigenvalue weighted by Gasteiger charge is 2.31. The molecule has 1 aliphatic rings. The van der Waals surface area contributed by atoms with Crippen LogP contribution in [0, 0.1) is 0 Å². The van der Waals surface area contributed by atoms with Gasteiger partial charge in [0.2, 0.25) is 0 Å². The van der Waals surface area contributed by atoms with Gasteiger partial charge in [0.1, 0.15) is 17.4 Å². The van der Waals surface area contributed by atoms with Crippen LogP contribution in [0.3, 0.4) is 0 Å². The zero-order valence-electron chi connectivity index (χ0n) is 14.9. The van der Waals surface area contributed by atoms with Gasteiger partial charge in [0.05, 0.1) is 43.7 Å². The van der Waals surface area contributed by atoms with Crippen LogP contribution in [0.15, 0.2) is 21.5 Å². The Labute approximate surface area is 155 Å².